The first-order chi connectivity index (χ1) is 14.6. The number of hydrogen-bond donors (Lipinski definition) is 2. The minimum absolute atomic E-state index is 0.0307. The third-order valence-corrected chi connectivity index (χ3v) is 5.90. The lowest BCUT2D eigenvalue weighted by molar-refractivity contribution is -0.129. The van der Waals surface area contributed by atoms with Gasteiger partial charge >= 0.3 is 0 Å². The number of aliphatic hydroxyl groups excluding tert-OH is 1. The van der Waals surface area contributed by atoms with Gasteiger partial charge in [-0.3, -0.25) is 9.48 Å². The van der Waals surface area contributed by atoms with Gasteiger partial charge in [0.2, 0.25) is 5.91 Å². The van der Waals surface area contributed by atoms with Crippen LogP contribution in [-0.2, 0) is 16.1 Å². The summed E-state index contributed by atoms with van der Waals surface area (Å²) in [4.78, 5) is 12.1. The van der Waals surface area contributed by atoms with Crippen LogP contribution in [-0.4, -0.2) is 58.0 Å². The molecule has 0 spiro atoms. The van der Waals surface area contributed by atoms with Crippen molar-refractivity contribution in [1.29, 1.82) is 0 Å². The predicted octanol–water partition coefficient (Wildman–Crippen LogP) is 2.17. The van der Waals surface area contributed by atoms with E-state index in [-0.39, 0.29) is 30.8 Å². The average molecular weight is 415 g/mol. The molecule has 1 aromatic heterocycles. The van der Waals surface area contributed by atoms with Crippen molar-refractivity contribution in [3.63, 3.8) is 0 Å². The molecular formula is C22H30N4O4. The van der Waals surface area contributed by atoms with Gasteiger partial charge in [-0.15, -0.1) is 5.10 Å². The summed E-state index contributed by atoms with van der Waals surface area (Å²) in [6.07, 6.45) is 6.95. The van der Waals surface area contributed by atoms with E-state index in [1.165, 1.54) is 0 Å². The van der Waals surface area contributed by atoms with Crippen molar-refractivity contribution in [2.24, 2.45) is 5.92 Å². The molecule has 1 aliphatic carbocycles. The van der Waals surface area contributed by atoms with Crippen LogP contribution in [0.4, 0.5) is 0 Å². The topological polar surface area (TPSA) is 98.5 Å². The number of rotatable bonds is 9. The first kappa shape index (κ1) is 20.8. The summed E-state index contributed by atoms with van der Waals surface area (Å²) >= 11 is 0. The Kier molecular flexibility index (Phi) is 6.64. The molecule has 2 aromatic rings. The summed E-state index contributed by atoms with van der Waals surface area (Å²) in [6, 6.07) is 7.63. The van der Waals surface area contributed by atoms with E-state index in [9.17, 15) is 9.90 Å². The Balaban J connectivity index is 1.27. The maximum absolute atomic E-state index is 12.1. The van der Waals surface area contributed by atoms with Gasteiger partial charge in [-0.25, -0.2) is 0 Å². The Bertz CT molecular complexity index is 851. The van der Waals surface area contributed by atoms with E-state index in [0.29, 0.717) is 18.9 Å². The van der Waals surface area contributed by atoms with Crippen LogP contribution in [0.5, 0.6) is 5.75 Å². The normalized spacial score (nSPS) is 23.9. The Morgan fingerprint density at radius 1 is 1.33 bits per heavy atom. The molecule has 30 heavy (non-hydrogen) atoms. The van der Waals surface area contributed by atoms with E-state index in [1.54, 1.807) is 7.11 Å². The molecule has 0 unspecified atom stereocenters. The molecule has 2 aliphatic rings. The van der Waals surface area contributed by atoms with Crippen molar-refractivity contribution in [1.82, 2.24) is 20.3 Å². The molecule has 1 aliphatic heterocycles. The fraction of sp³-hybridized carbons (Fsp3) is 0.591. The Labute approximate surface area is 176 Å². The highest BCUT2D eigenvalue weighted by atomic mass is 16.5. The number of carbonyl (C=O) groups is 1. The van der Waals surface area contributed by atoms with Crippen molar-refractivity contribution in [2.45, 2.75) is 63.3 Å². The fourth-order valence-electron chi connectivity index (χ4n) is 3.96. The molecule has 2 fully saturated rings. The highest BCUT2D eigenvalue weighted by Gasteiger charge is 2.33. The molecule has 0 radical (unpaired) electrons. The van der Waals surface area contributed by atoms with Crippen molar-refractivity contribution in [2.75, 3.05) is 13.7 Å². The first-order valence-corrected chi connectivity index (χ1v) is 10.7. The summed E-state index contributed by atoms with van der Waals surface area (Å²) in [5.74, 6) is 1.42. The highest BCUT2D eigenvalue weighted by molar-refractivity contribution is 5.76. The number of benzene rings is 1. The molecular weight excluding hydrogens is 384 g/mol. The maximum atomic E-state index is 12.1. The minimum Gasteiger partial charge on any atom is -0.497 e. The number of ether oxygens (including phenoxy) is 2. The van der Waals surface area contributed by atoms with Crippen LogP contribution in [0.25, 0.3) is 11.3 Å². The zero-order valence-electron chi connectivity index (χ0n) is 17.4. The number of aryl methyl sites for hydroxylation is 1. The van der Waals surface area contributed by atoms with Gasteiger partial charge in [0.25, 0.3) is 0 Å². The van der Waals surface area contributed by atoms with Crippen LogP contribution in [0, 0.1) is 5.92 Å². The van der Waals surface area contributed by atoms with Gasteiger partial charge in [0.15, 0.2) is 0 Å². The lowest BCUT2D eigenvalue weighted by Gasteiger charge is -2.36. The van der Waals surface area contributed by atoms with Crippen molar-refractivity contribution in [3.8, 4) is 17.0 Å². The monoisotopic (exact) mass is 414 g/mol. The molecule has 8 nitrogen and oxygen atoms in total. The van der Waals surface area contributed by atoms with Gasteiger partial charge in [-0.2, -0.15) is 0 Å². The molecule has 0 bridgehead atoms. The number of aliphatic hydroxyl groups is 1. The van der Waals surface area contributed by atoms with Crippen LogP contribution in [0.3, 0.4) is 0 Å². The molecule has 2 heterocycles. The van der Waals surface area contributed by atoms with E-state index in [1.807, 2.05) is 35.1 Å². The third kappa shape index (κ3) is 5.37. The Morgan fingerprint density at radius 3 is 2.97 bits per heavy atom. The van der Waals surface area contributed by atoms with E-state index < -0.39 is 0 Å². The average Bonchev–Trinajstić information content (AvgIpc) is 3.45. The lowest BCUT2D eigenvalue weighted by Crippen LogP contribution is -2.51. The van der Waals surface area contributed by atoms with Gasteiger partial charge in [0, 0.05) is 18.5 Å². The largest absolute Gasteiger partial charge is 0.497 e. The molecule has 1 saturated carbocycles. The third-order valence-electron chi connectivity index (χ3n) is 5.90. The van der Waals surface area contributed by atoms with E-state index in [2.05, 4.69) is 15.6 Å². The number of methoxy groups -OCH3 is 1. The molecule has 1 aromatic carbocycles. The van der Waals surface area contributed by atoms with E-state index in [4.69, 9.17) is 9.47 Å². The first-order valence-electron chi connectivity index (χ1n) is 10.7. The second-order valence-electron chi connectivity index (χ2n) is 8.27. The highest BCUT2D eigenvalue weighted by Crippen LogP contribution is 2.32. The lowest BCUT2D eigenvalue weighted by atomic mass is 9.97. The quantitative estimate of drug-likeness (QED) is 0.653. The Hall–Kier alpha value is -2.45. The molecule has 1 saturated heterocycles. The molecule has 162 valence electrons. The number of aromatic nitrogens is 3. The van der Waals surface area contributed by atoms with Crippen LogP contribution in [0.1, 0.15) is 38.5 Å². The van der Waals surface area contributed by atoms with E-state index >= 15 is 0 Å². The van der Waals surface area contributed by atoms with Crippen LogP contribution in [0.15, 0.2) is 30.5 Å². The van der Waals surface area contributed by atoms with Crippen LogP contribution < -0.4 is 10.1 Å². The Morgan fingerprint density at radius 2 is 2.20 bits per heavy atom. The zero-order valence-corrected chi connectivity index (χ0v) is 17.4. The predicted molar refractivity (Wildman–Crippen MR) is 111 cm³/mol. The summed E-state index contributed by atoms with van der Waals surface area (Å²) in [5, 5.41) is 21.3. The number of carbonyl (C=O) groups excluding carboxylic acids is 1. The van der Waals surface area contributed by atoms with Crippen molar-refractivity contribution >= 4 is 5.91 Å². The van der Waals surface area contributed by atoms with Gasteiger partial charge < -0.3 is 19.9 Å². The molecule has 8 heteroatoms. The van der Waals surface area contributed by atoms with Gasteiger partial charge in [-0.1, -0.05) is 17.3 Å². The van der Waals surface area contributed by atoms with Crippen molar-refractivity contribution in [3.05, 3.63) is 30.5 Å². The number of amides is 1. The molecule has 4 rings (SSSR count). The number of hydrogen-bond acceptors (Lipinski definition) is 6. The number of nitrogens with zero attached hydrogens (tertiary/aromatic N) is 3. The zero-order chi connectivity index (χ0) is 20.9. The van der Waals surface area contributed by atoms with Gasteiger partial charge in [0.05, 0.1) is 32.1 Å². The SMILES string of the molecule is COc1cccc(-c2cn(CC[C@H]3CC[C@H](NC(=O)CC4CC4)[C@@H](CO)O3)nn2)c1. The van der Waals surface area contributed by atoms with Crippen molar-refractivity contribution < 1.29 is 19.4 Å². The number of nitrogens with one attached hydrogen (secondary N) is 1. The second kappa shape index (κ2) is 9.57. The molecule has 3 atom stereocenters. The van der Waals surface area contributed by atoms with Crippen LogP contribution >= 0.6 is 0 Å². The minimum atomic E-state index is -0.352. The molecule has 1 amide bonds. The van der Waals surface area contributed by atoms with Gasteiger partial charge in [0.1, 0.15) is 17.5 Å². The second-order valence-corrected chi connectivity index (χ2v) is 8.27. The van der Waals surface area contributed by atoms with Crippen LogP contribution in [0.2, 0.25) is 0 Å². The fourth-order valence-corrected chi connectivity index (χ4v) is 3.96. The van der Waals surface area contributed by atoms with E-state index in [0.717, 1.165) is 49.1 Å². The maximum Gasteiger partial charge on any atom is 0.220 e. The smallest absolute Gasteiger partial charge is 0.220 e. The summed E-state index contributed by atoms with van der Waals surface area (Å²) in [7, 11) is 1.64. The molecule has 2 N–H and O–H groups in total. The summed E-state index contributed by atoms with van der Waals surface area (Å²) < 4.78 is 13.2. The summed E-state index contributed by atoms with van der Waals surface area (Å²) in [5.41, 5.74) is 1.75. The standard InChI is InChI=1S/C22H30N4O4/c1-29-18-4-2-3-16(12-18)20-13-26(25-24-20)10-9-17-7-8-19(21(14-27)30-17)23-22(28)11-15-5-6-15/h2-4,12-13,15,17,19,21,27H,5-11,14H2,1H3,(H,23,28)/t17-,19+,21-/m1/s1. The van der Waals surface area contributed by atoms with Gasteiger partial charge in [-0.05, 0) is 50.2 Å². The summed E-state index contributed by atoms with van der Waals surface area (Å²) in [6.45, 7) is 0.590.